The Morgan fingerprint density at radius 2 is 0.765 bits per heavy atom. The molecule has 2 atom stereocenters. The predicted octanol–water partition coefficient (Wildman–Crippen LogP) is 4.37. The molecule has 0 fully saturated rings. The summed E-state index contributed by atoms with van der Waals surface area (Å²) in [5, 5.41) is 53.6. The van der Waals surface area contributed by atoms with Crippen molar-refractivity contribution >= 4 is 115 Å². The van der Waals surface area contributed by atoms with Gasteiger partial charge < -0.3 is 52.3 Å². The summed E-state index contributed by atoms with van der Waals surface area (Å²) in [5.41, 5.74) is 0.516. The van der Waals surface area contributed by atoms with Crippen molar-refractivity contribution < 1.29 is 65.5 Å². The number of carboxylic acids is 4. The number of para-hydroxylation sites is 2. The van der Waals surface area contributed by atoms with E-state index in [0.717, 1.165) is 24.3 Å². The monoisotopic (exact) mass is 972 g/mol. The molecule has 2 aromatic heterocycles. The molecule has 0 radical (unpaired) electrons. The topological polar surface area (TPSA) is 407 Å². The fourth-order valence-electron chi connectivity index (χ4n) is 5.85. The van der Waals surface area contributed by atoms with Crippen molar-refractivity contribution in [2.45, 2.75) is 34.7 Å². The van der Waals surface area contributed by atoms with E-state index in [1.807, 2.05) is 0 Å². The molecule has 6 aromatic rings. The number of nitrogens with one attached hydrogen (secondary N) is 6. The Bertz CT molecular complexity index is 2920. The molecule has 0 aliphatic rings. The van der Waals surface area contributed by atoms with Crippen molar-refractivity contribution in [1.82, 2.24) is 29.9 Å². The van der Waals surface area contributed by atoms with Crippen LogP contribution in [0.1, 0.15) is 24.0 Å². The van der Waals surface area contributed by atoms with Crippen LogP contribution in [-0.2, 0) is 39.4 Å². The summed E-state index contributed by atoms with van der Waals surface area (Å²) in [6.45, 7) is 0. The average Bonchev–Trinajstić information content (AvgIpc) is 3.25. The molecule has 4 aromatic carbocycles. The second-order valence-electron chi connectivity index (χ2n) is 13.9. The molecule has 2 heterocycles. The van der Waals surface area contributed by atoms with Gasteiger partial charge in [-0.25, -0.2) is 9.59 Å². The number of carboxylic acid groups (broad SMARTS) is 4. The van der Waals surface area contributed by atoms with E-state index in [-0.39, 0.29) is 58.2 Å². The lowest BCUT2D eigenvalue weighted by Gasteiger charge is -2.15. The van der Waals surface area contributed by atoms with Crippen molar-refractivity contribution in [3.63, 3.8) is 0 Å². The molecule has 0 bridgehead atoms. The predicted molar refractivity (Wildman–Crippen MR) is 242 cm³/mol. The van der Waals surface area contributed by atoms with E-state index in [2.05, 4.69) is 61.8 Å². The van der Waals surface area contributed by atoms with E-state index in [1.165, 1.54) is 24.3 Å². The van der Waals surface area contributed by atoms with Gasteiger partial charge in [0.05, 0.1) is 12.8 Å². The van der Waals surface area contributed by atoms with Crippen LogP contribution in [0.25, 0.3) is 12.2 Å². The molecule has 352 valence electrons. The van der Waals surface area contributed by atoms with Crippen LogP contribution in [0.2, 0.25) is 0 Å². The molecule has 0 aliphatic carbocycles. The van der Waals surface area contributed by atoms with Crippen molar-refractivity contribution in [3.05, 3.63) is 108 Å². The zero-order valence-electron chi connectivity index (χ0n) is 34.4. The van der Waals surface area contributed by atoms with Crippen LogP contribution >= 0.6 is 0 Å². The Labute approximate surface area is 383 Å². The molecular formula is C40H36N12O14S2. The van der Waals surface area contributed by atoms with Crippen LogP contribution in [-0.4, -0.2) is 112 Å². The highest BCUT2D eigenvalue weighted by atomic mass is 32.2. The van der Waals surface area contributed by atoms with Gasteiger partial charge in [0, 0.05) is 22.7 Å². The number of anilines is 10. The Morgan fingerprint density at radius 1 is 0.456 bits per heavy atom. The van der Waals surface area contributed by atoms with Gasteiger partial charge in [-0.15, -0.1) is 0 Å². The molecule has 0 saturated carbocycles. The highest BCUT2D eigenvalue weighted by molar-refractivity contribution is 7.86. The van der Waals surface area contributed by atoms with E-state index in [4.69, 9.17) is 0 Å². The largest absolute Gasteiger partial charge is 0.481 e. The maximum absolute atomic E-state index is 12.7. The van der Waals surface area contributed by atoms with E-state index in [9.17, 15) is 65.5 Å². The number of nitrogens with zero attached hydrogens (tertiary/aromatic N) is 6. The Hall–Kier alpha value is -8.86. The van der Waals surface area contributed by atoms with Crippen LogP contribution in [0.4, 0.5) is 58.4 Å². The lowest BCUT2D eigenvalue weighted by molar-refractivity contribution is -0.144. The fourth-order valence-corrected chi connectivity index (χ4v) is 7.27. The SMILES string of the molecule is O=C(O)CC(Nc1nc(Nc2ccccc2)nc(Nc2ccc(/C=C/c3ccc(Nc4nc(Nc5ccccc5)nc(NC(CC(=O)O)C(=O)O)n4)cc3S(=O)(=O)O)c(S(=O)(=O)O)c2)n1)C(=O)O. The summed E-state index contributed by atoms with van der Waals surface area (Å²) in [6.07, 6.45) is 0.531. The number of benzene rings is 4. The summed E-state index contributed by atoms with van der Waals surface area (Å²) < 4.78 is 71.3. The van der Waals surface area contributed by atoms with Gasteiger partial charge in [0.2, 0.25) is 35.7 Å². The van der Waals surface area contributed by atoms with Crippen LogP contribution in [0.5, 0.6) is 0 Å². The van der Waals surface area contributed by atoms with Gasteiger partial charge in [0.15, 0.2) is 0 Å². The van der Waals surface area contributed by atoms with Crippen LogP contribution in [0, 0.1) is 0 Å². The normalized spacial score (nSPS) is 12.3. The molecule has 26 nitrogen and oxygen atoms in total. The van der Waals surface area contributed by atoms with Gasteiger partial charge in [0.1, 0.15) is 21.9 Å². The number of hydrogen-bond acceptors (Lipinski definition) is 20. The number of aliphatic carboxylic acids is 4. The second-order valence-corrected chi connectivity index (χ2v) is 16.7. The van der Waals surface area contributed by atoms with Gasteiger partial charge in [-0.1, -0.05) is 60.7 Å². The number of rotatable bonds is 22. The molecule has 28 heteroatoms. The third-order valence-electron chi connectivity index (χ3n) is 8.83. The van der Waals surface area contributed by atoms with Gasteiger partial charge in [-0.05, 0) is 59.7 Å². The molecule has 0 spiro atoms. The minimum atomic E-state index is -5.03. The first kappa shape index (κ1) is 48.6. The van der Waals surface area contributed by atoms with E-state index < -0.39 is 78.8 Å². The lowest BCUT2D eigenvalue weighted by Crippen LogP contribution is -2.32. The van der Waals surface area contributed by atoms with E-state index >= 15 is 0 Å². The Morgan fingerprint density at radius 3 is 1.06 bits per heavy atom. The summed E-state index contributed by atoms with van der Waals surface area (Å²) in [7, 11) is -10.1. The number of aromatic nitrogens is 6. The second kappa shape index (κ2) is 21.0. The third kappa shape index (κ3) is 13.8. The first-order chi connectivity index (χ1) is 32.2. The summed E-state index contributed by atoms with van der Waals surface area (Å²) >= 11 is 0. The zero-order valence-corrected chi connectivity index (χ0v) is 36.0. The smallest absolute Gasteiger partial charge is 0.326 e. The maximum atomic E-state index is 12.7. The van der Waals surface area contributed by atoms with Crippen molar-refractivity contribution in [3.8, 4) is 0 Å². The van der Waals surface area contributed by atoms with Crippen LogP contribution < -0.4 is 31.9 Å². The number of hydrogen-bond donors (Lipinski definition) is 12. The minimum absolute atomic E-state index is 0.0499. The first-order valence-corrected chi connectivity index (χ1v) is 22.1. The summed E-state index contributed by atoms with van der Waals surface area (Å²) in [5.74, 6) is -7.59. The van der Waals surface area contributed by atoms with Crippen LogP contribution in [0.3, 0.4) is 0 Å². The standard InChI is InChI=1S/C40H36N12O14S2/c53-31(54)19-27(33(57)58)45-39-49-35(41-23-7-3-1-4-8-23)47-37(51-39)43-25-15-13-21(29(17-25)67(61,62)63)11-12-22-14-16-26(18-30(22)68(64,65)66)44-38-48-36(42-24-9-5-2-6-10-24)50-40(52-38)46-28(34(59)60)20-32(55)56/h1-18,27-28H,19-20H2,(H,53,54)(H,55,56)(H,57,58)(H,59,60)(H,61,62,63)(H,64,65,66)(H3,41,43,45,47,49,51)(H3,42,44,46,48,50,52)/b12-11+. The average molecular weight is 973 g/mol. The Kier molecular flexibility index (Phi) is 15.0. The molecule has 6 rings (SSSR count). The molecule has 68 heavy (non-hydrogen) atoms. The van der Waals surface area contributed by atoms with Crippen LogP contribution in [0.15, 0.2) is 107 Å². The zero-order chi connectivity index (χ0) is 49.2. The van der Waals surface area contributed by atoms with E-state index in [0.29, 0.717) is 11.4 Å². The molecule has 0 saturated heterocycles. The fraction of sp³-hybridized carbons (Fsp3) is 0.100. The quantitative estimate of drug-likeness (QED) is 0.0332. The molecule has 0 aliphatic heterocycles. The summed E-state index contributed by atoms with van der Waals surface area (Å²) in [6, 6.07) is 20.5. The van der Waals surface area contributed by atoms with Gasteiger partial charge >= 0.3 is 23.9 Å². The minimum Gasteiger partial charge on any atom is -0.481 e. The highest BCUT2D eigenvalue weighted by Crippen LogP contribution is 2.29. The molecule has 2 unspecified atom stereocenters. The summed E-state index contributed by atoms with van der Waals surface area (Å²) in [4.78, 5) is 69.7. The number of carbonyl (C=O) groups is 4. The third-order valence-corrected chi connectivity index (χ3v) is 10.6. The molecular weight excluding hydrogens is 937 g/mol. The molecule has 0 amide bonds. The van der Waals surface area contributed by atoms with E-state index in [1.54, 1.807) is 60.7 Å². The van der Waals surface area contributed by atoms with Gasteiger partial charge in [-0.3, -0.25) is 18.7 Å². The van der Waals surface area contributed by atoms with Gasteiger partial charge in [0.25, 0.3) is 20.2 Å². The Balaban J connectivity index is 1.30. The first-order valence-electron chi connectivity index (χ1n) is 19.2. The van der Waals surface area contributed by atoms with Crippen molar-refractivity contribution in [1.29, 1.82) is 0 Å². The van der Waals surface area contributed by atoms with Crippen molar-refractivity contribution in [2.75, 3.05) is 31.9 Å². The maximum Gasteiger partial charge on any atom is 0.326 e. The molecule has 12 N–H and O–H groups in total. The van der Waals surface area contributed by atoms with Gasteiger partial charge in [-0.2, -0.15) is 46.7 Å². The highest BCUT2D eigenvalue weighted by Gasteiger charge is 2.25. The van der Waals surface area contributed by atoms with Crippen molar-refractivity contribution in [2.24, 2.45) is 0 Å². The lowest BCUT2D eigenvalue weighted by atomic mass is 10.1.